The number of hydrogen-bond donors (Lipinski definition) is 1. The SMILES string of the molecule is CCC(CC)CN1[C@H](CO)CC[C@H]1c1nnnn1CCN1CCOCC1. The van der Waals surface area contributed by atoms with Gasteiger partial charge < -0.3 is 9.84 Å². The molecule has 2 atom stereocenters. The van der Waals surface area contributed by atoms with Gasteiger partial charge in [-0.2, -0.15) is 0 Å². The molecule has 2 fully saturated rings. The molecule has 26 heavy (non-hydrogen) atoms. The third-order valence-corrected chi connectivity index (χ3v) is 6.07. The normalized spacial score (nSPS) is 25.4. The van der Waals surface area contributed by atoms with Crippen molar-refractivity contribution in [1.29, 1.82) is 0 Å². The Labute approximate surface area is 156 Å². The average molecular weight is 367 g/mol. The maximum Gasteiger partial charge on any atom is 0.168 e. The van der Waals surface area contributed by atoms with E-state index >= 15 is 0 Å². The lowest BCUT2D eigenvalue weighted by Crippen LogP contribution is -2.40. The van der Waals surface area contributed by atoms with Crippen molar-refractivity contribution in [2.45, 2.75) is 58.2 Å². The molecule has 0 aromatic carbocycles. The molecule has 0 bridgehead atoms. The minimum Gasteiger partial charge on any atom is -0.395 e. The lowest BCUT2D eigenvalue weighted by atomic mass is 10.0. The summed E-state index contributed by atoms with van der Waals surface area (Å²) in [5.41, 5.74) is 0. The van der Waals surface area contributed by atoms with Crippen molar-refractivity contribution < 1.29 is 9.84 Å². The molecule has 0 saturated carbocycles. The lowest BCUT2D eigenvalue weighted by Gasteiger charge is -2.32. The van der Waals surface area contributed by atoms with Gasteiger partial charge in [-0.25, -0.2) is 4.68 Å². The molecule has 2 aliphatic rings. The van der Waals surface area contributed by atoms with Gasteiger partial charge in [0.25, 0.3) is 0 Å². The lowest BCUT2D eigenvalue weighted by molar-refractivity contribution is 0.0355. The third-order valence-electron chi connectivity index (χ3n) is 6.07. The van der Waals surface area contributed by atoms with Gasteiger partial charge in [0.15, 0.2) is 5.82 Å². The molecule has 0 unspecified atom stereocenters. The summed E-state index contributed by atoms with van der Waals surface area (Å²) in [6.07, 6.45) is 4.36. The Bertz CT molecular complexity index is 530. The van der Waals surface area contributed by atoms with Crippen LogP contribution in [0.2, 0.25) is 0 Å². The molecule has 3 heterocycles. The summed E-state index contributed by atoms with van der Waals surface area (Å²) < 4.78 is 7.39. The maximum atomic E-state index is 9.83. The van der Waals surface area contributed by atoms with E-state index < -0.39 is 0 Å². The van der Waals surface area contributed by atoms with E-state index in [1.807, 2.05) is 4.68 Å². The van der Waals surface area contributed by atoms with Crippen molar-refractivity contribution in [2.75, 3.05) is 46.0 Å². The second-order valence-electron chi connectivity index (χ2n) is 7.52. The van der Waals surface area contributed by atoms with E-state index in [-0.39, 0.29) is 18.7 Å². The summed E-state index contributed by atoms with van der Waals surface area (Å²) in [5, 5.41) is 22.4. The van der Waals surface area contributed by atoms with E-state index in [2.05, 4.69) is 39.2 Å². The molecule has 8 heteroatoms. The fourth-order valence-electron chi connectivity index (χ4n) is 4.20. The Kier molecular flexibility index (Phi) is 7.36. The Morgan fingerprint density at radius 3 is 2.62 bits per heavy atom. The number of ether oxygens (including phenoxy) is 1. The fraction of sp³-hybridized carbons (Fsp3) is 0.944. The highest BCUT2D eigenvalue weighted by molar-refractivity contribution is 5.00. The van der Waals surface area contributed by atoms with Gasteiger partial charge in [-0.3, -0.25) is 9.80 Å². The van der Waals surface area contributed by atoms with Crippen molar-refractivity contribution in [3.05, 3.63) is 5.82 Å². The topological polar surface area (TPSA) is 79.5 Å². The molecule has 0 spiro atoms. The number of tetrazole rings is 1. The predicted molar refractivity (Wildman–Crippen MR) is 98.7 cm³/mol. The zero-order chi connectivity index (χ0) is 18.4. The van der Waals surface area contributed by atoms with Gasteiger partial charge >= 0.3 is 0 Å². The number of aliphatic hydroxyl groups excluding tert-OH is 1. The van der Waals surface area contributed by atoms with Crippen LogP contribution in [0.15, 0.2) is 0 Å². The van der Waals surface area contributed by atoms with Gasteiger partial charge in [0.2, 0.25) is 0 Å². The van der Waals surface area contributed by atoms with Crippen LogP contribution in [-0.2, 0) is 11.3 Å². The van der Waals surface area contributed by atoms with Crippen molar-refractivity contribution in [3.63, 3.8) is 0 Å². The molecule has 3 rings (SSSR count). The van der Waals surface area contributed by atoms with Crippen molar-refractivity contribution >= 4 is 0 Å². The largest absolute Gasteiger partial charge is 0.395 e. The highest BCUT2D eigenvalue weighted by atomic mass is 16.5. The molecule has 1 aromatic rings. The van der Waals surface area contributed by atoms with E-state index in [0.717, 1.165) is 64.6 Å². The molecular weight excluding hydrogens is 332 g/mol. The highest BCUT2D eigenvalue weighted by Crippen LogP contribution is 2.36. The first-order chi connectivity index (χ1) is 12.8. The van der Waals surface area contributed by atoms with Crippen LogP contribution in [0, 0.1) is 5.92 Å². The molecule has 0 amide bonds. The number of nitrogens with zero attached hydrogens (tertiary/aromatic N) is 6. The van der Waals surface area contributed by atoms with Crippen LogP contribution in [-0.4, -0.2) is 87.2 Å². The molecule has 148 valence electrons. The van der Waals surface area contributed by atoms with Crippen molar-refractivity contribution in [2.24, 2.45) is 5.92 Å². The van der Waals surface area contributed by atoms with Crippen LogP contribution in [0.25, 0.3) is 0 Å². The quantitative estimate of drug-likeness (QED) is 0.697. The van der Waals surface area contributed by atoms with Gasteiger partial charge in [-0.15, -0.1) is 5.10 Å². The summed E-state index contributed by atoms with van der Waals surface area (Å²) in [7, 11) is 0. The number of aromatic nitrogens is 4. The summed E-state index contributed by atoms with van der Waals surface area (Å²) in [6, 6.07) is 0.442. The molecule has 1 aromatic heterocycles. The summed E-state index contributed by atoms with van der Waals surface area (Å²) in [4.78, 5) is 4.86. The number of rotatable bonds is 9. The molecule has 0 radical (unpaired) electrons. The zero-order valence-corrected chi connectivity index (χ0v) is 16.3. The Morgan fingerprint density at radius 1 is 1.15 bits per heavy atom. The number of morpholine rings is 1. The maximum absolute atomic E-state index is 9.83. The minimum absolute atomic E-state index is 0.214. The van der Waals surface area contributed by atoms with Crippen LogP contribution in [0.1, 0.15) is 51.4 Å². The average Bonchev–Trinajstić information content (AvgIpc) is 3.31. The first-order valence-electron chi connectivity index (χ1n) is 10.2. The fourth-order valence-corrected chi connectivity index (χ4v) is 4.20. The Hall–Kier alpha value is -1.09. The molecule has 2 aliphatic heterocycles. The number of likely N-dealkylation sites (tertiary alicyclic amines) is 1. The summed E-state index contributed by atoms with van der Waals surface area (Å²) in [6.45, 7) is 11.1. The number of aliphatic hydroxyl groups is 1. The van der Waals surface area contributed by atoms with Gasteiger partial charge in [0.05, 0.1) is 32.4 Å². The second kappa shape index (κ2) is 9.73. The molecular formula is C18H34N6O2. The van der Waals surface area contributed by atoms with E-state index in [9.17, 15) is 5.11 Å². The summed E-state index contributed by atoms with van der Waals surface area (Å²) >= 11 is 0. The predicted octanol–water partition coefficient (Wildman–Crippen LogP) is 0.939. The second-order valence-corrected chi connectivity index (χ2v) is 7.52. The molecule has 2 saturated heterocycles. The van der Waals surface area contributed by atoms with E-state index in [1.54, 1.807) is 0 Å². The van der Waals surface area contributed by atoms with Gasteiger partial charge in [0.1, 0.15) is 0 Å². The van der Waals surface area contributed by atoms with Gasteiger partial charge in [-0.1, -0.05) is 26.7 Å². The van der Waals surface area contributed by atoms with Crippen molar-refractivity contribution in [3.8, 4) is 0 Å². The molecule has 0 aliphatic carbocycles. The van der Waals surface area contributed by atoms with E-state index in [1.165, 1.54) is 12.8 Å². The Balaban J connectivity index is 1.67. The summed E-state index contributed by atoms with van der Waals surface area (Å²) in [5.74, 6) is 1.61. The van der Waals surface area contributed by atoms with E-state index in [4.69, 9.17) is 4.74 Å². The minimum atomic E-state index is 0.214. The first kappa shape index (κ1) is 19.7. The van der Waals surface area contributed by atoms with Crippen LogP contribution in [0.4, 0.5) is 0 Å². The number of hydrogen-bond acceptors (Lipinski definition) is 7. The zero-order valence-electron chi connectivity index (χ0n) is 16.3. The van der Waals surface area contributed by atoms with Crippen LogP contribution < -0.4 is 0 Å². The standard InChI is InChI=1S/C18H34N6O2/c1-3-15(4-2)13-23-16(14-25)5-6-17(23)18-19-20-21-24(18)8-7-22-9-11-26-12-10-22/h15-17,25H,3-14H2,1-2H3/t16-,17-/m0/s1. The van der Waals surface area contributed by atoms with Crippen LogP contribution in [0.3, 0.4) is 0 Å². The molecule has 8 nitrogen and oxygen atoms in total. The van der Waals surface area contributed by atoms with Crippen LogP contribution >= 0.6 is 0 Å². The third kappa shape index (κ3) is 4.60. The van der Waals surface area contributed by atoms with Gasteiger partial charge in [-0.05, 0) is 29.2 Å². The van der Waals surface area contributed by atoms with E-state index in [0.29, 0.717) is 5.92 Å². The first-order valence-corrected chi connectivity index (χ1v) is 10.2. The van der Waals surface area contributed by atoms with Crippen molar-refractivity contribution in [1.82, 2.24) is 30.0 Å². The highest BCUT2D eigenvalue weighted by Gasteiger charge is 2.37. The van der Waals surface area contributed by atoms with Crippen LogP contribution in [0.5, 0.6) is 0 Å². The Morgan fingerprint density at radius 2 is 1.92 bits per heavy atom. The molecule has 1 N–H and O–H groups in total. The van der Waals surface area contributed by atoms with Gasteiger partial charge in [0, 0.05) is 32.2 Å². The smallest absolute Gasteiger partial charge is 0.168 e. The monoisotopic (exact) mass is 366 g/mol.